The molecule has 0 amide bonds. The first-order chi connectivity index (χ1) is 9.88. The highest BCUT2D eigenvalue weighted by molar-refractivity contribution is 7.92. The molecule has 0 aliphatic heterocycles. The van der Waals surface area contributed by atoms with Crippen molar-refractivity contribution in [1.29, 1.82) is 0 Å². The standard InChI is InChI=1S/C15H16FNO3S/c1-11(2)20-15-9-8-12(10-14(15)16)17-21(18,19)13-6-4-3-5-7-13/h3-11,17H,1-2H3. The summed E-state index contributed by atoms with van der Waals surface area (Å²) in [4.78, 5) is 0.118. The summed E-state index contributed by atoms with van der Waals surface area (Å²) in [7, 11) is -3.72. The van der Waals surface area contributed by atoms with Gasteiger partial charge in [0.25, 0.3) is 10.0 Å². The third kappa shape index (κ3) is 3.95. The molecule has 21 heavy (non-hydrogen) atoms. The van der Waals surface area contributed by atoms with Gasteiger partial charge in [-0.05, 0) is 38.1 Å². The topological polar surface area (TPSA) is 55.4 Å². The first-order valence-electron chi connectivity index (χ1n) is 6.42. The zero-order valence-corrected chi connectivity index (χ0v) is 12.5. The lowest BCUT2D eigenvalue weighted by Gasteiger charge is -2.12. The molecule has 0 radical (unpaired) electrons. The molecule has 0 unspecified atom stereocenters. The van der Waals surface area contributed by atoms with Gasteiger partial charge in [-0.3, -0.25) is 4.72 Å². The molecular weight excluding hydrogens is 293 g/mol. The van der Waals surface area contributed by atoms with Gasteiger partial charge in [0.15, 0.2) is 11.6 Å². The van der Waals surface area contributed by atoms with Crippen LogP contribution in [0.15, 0.2) is 53.4 Å². The van der Waals surface area contributed by atoms with Gasteiger partial charge in [0, 0.05) is 6.07 Å². The largest absolute Gasteiger partial charge is 0.488 e. The molecule has 2 aromatic rings. The predicted octanol–water partition coefficient (Wildman–Crippen LogP) is 3.41. The number of nitrogens with one attached hydrogen (secondary N) is 1. The van der Waals surface area contributed by atoms with Crippen LogP contribution in [0.2, 0.25) is 0 Å². The van der Waals surface area contributed by atoms with Crippen LogP contribution in [-0.2, 0) is 10.0 Å². The lowest BCUT2D eigenvalue weighted by molar-refractivity contribution is 0.231. The molecule has 0 saturated heterocycles. The molecule has 0 aliphatic rings. The molecule has 0 bridgehead atoms. The number of ether oxygens (including phenoxy) is 1. The monoisotopic (exact) mass is 309 g/mol. The van der Waals surface area contributed by atoms with Crippen molar-refractivity contribution in [2.75, 3.05) is 4.72 Å². The molecule has 0 fully saturated rings. The second kappa shape index (κ2) is 6.13. The molecule has 2 rings (SSSR count). The Morgan fingerprint density at radius 2 is 1.76 bits per heavy atom. The van der Waals surface area contributed by atoms with Gasteiger partial charge in [-0.1, -0.05) is 18.2 Å². The molecule has 112 valence electrons. The molecular formula is C15H16FNO3S. The minimum absolute atomic E-state index is 0.0904. The van der Waals surface area contributed by atoms with Crippen molar-refractivity contribution in [3.05, 3.63) is 54.3 Å². The average Bonchev–Trinajstić information content (AvgIpc) is 2.42. The summed E-state index contributed by atoms with van der Waals surface area (Å²) in [5.41, 5.74) is 0.146. The second-order valence-corrected chi connectivity index (χ2v) is 6.41. The lowest BCUT2D eigenvalue weighted by Crippen LogP contribution is -2.13. The van der Waals surface area contributed by atoms with E-state index in [4.69, 9.17) is 4.74 Å². The van der Waals surface area contributed by atoms with E-state index in [9.17, 15) is 12.8 Å². The summed E-state index contributed by atoms with van der Waals surface area (Å²) < 4.78 is 45.6. The number of benzene rings is 2. The minimum atomic E-state index is -3.72. The maximum atomic E-state index is 13.8. The molecule has 0 spiro atoms. The predicted molar refractivity (Wildman–Crippen MR) is 79.4 cm³/mol. The van der Waals surface area contributed by atoms with Gasteiger partial charge in [0.2, 0.25) is 0 Å². The van der Waals surface area contributed by atoms with E-state index < -0.39 is 15.8 Å². The van der Waals surface area contributed by atoms with Crippen LogP contribution in [0, 0.1) is 5.82 Å². The minimum Gasteiger partial charge on any atom is -0.488 e. The Hall–Kier alpha value is -2.08. The fourth-order valence-electron chi connectivity index (χ4n) is 1.73. The van der Waals surface area contributed by atoms with Crippen LogP contribution in [0.4, 0.5) is 10.1 Å². The van der Waals surface area contributed by atoms with E-state index in [-0.39, 0.29) is 22.4 Å². The van der Waals surface area contributed by atoms with Crippen molar-refractivity contribution in [2.24, 2.45) is 0 Å². The Labute approximate surface area is 123 Å². The highest BCUT2D eigenvalue weighted by atomic mass is 32.2. The smallest absolute Gasteiger partial charge is 0.261 e. The summed E-state index contributed by atoms with van der Waals surface area (Å²) >= 11 is 0. The van der Waals surface area contributed by atoms with Crippen LogP contribution in [0.1, 0.15) is 13.8 Å². The van der Waals surface area contributed by atoms with E-state index in [0.29, 0.717) is 0 Å². The van der Waals surface area contributed by atoms with E-state index >= 15 is 0 Å². The average molecular weight is 309 g/mol. The molecule has 6 heteroatoms. The first kappa shape index (κ1) is 15.3. The molecule has 0 saturated carbocycles. The van der Waals surface area contributed by atoms with Crippen LogP contribution in [0.25, 0.3) is 0 Å². The van der Waals surface area contributed by atoms with Crippen molar-refractivity contribution < 1.29 is 17.5 Å². The number of hydrogen-bond donors (Lipinski definition) is 1. The Bertz CT molecular complexity index is 715. The van der Waals surface area contributed by atoms with E-state index in [0.717, 1.165) is 6.07 Å². The maximum Gasteiger partial charge on any atom is 0.261 e. The van der Waals surface area contributed by atoms with Gasteiger partial charge in [-0.15, -0.1) is 0 Å². The van der Waals surface area contributed by atoms with Gasteiger partial charge in [-0.2, -0.15) is 0 Å². The number of halogens is 1. The highest BCUT2D eigenvalue weighted by Gasteiger charge is 2.15. The van der Waals surface area contributed by atoms with E-state index in [1.165, 1.54) is 24.3 Å². The SMILES string of the molecule is CC(C)Oc1ccc(NS(=O)(=O)c2ccccc2)cc1F. The number of sulfonamides is 1. The van der Waals surface area contributed by atoms with Crippen molar-refractivity contribution in [3.8, 4) is 5.75 Å². The number of anilines is 1. The molecule has 1 N–H and O–H groups in total. The maximum absolute atomic E-state index is 13.8. The van der Waals surface area contributed by atoms with Crippen molar-refractivity contribution in [3.63, 3.8) is 0 Å². The molecule has 0 aliphatic carbocycles. The summed E-state index contributed by atoms with van der Waals surface area (Å²) in [5, 5.41) is 0. The van der Waals surface area contributed by atoms with Crippen LogP contribution < -0.4 is 9.46 Å². The van der Waals surface area contributed by atoms with E-state index in [1.54, 1.807) is 32.0 Å². The second-order valence-electron chi connectivity index (χ2n) is 4.73. The molecule has 0 aromatic heterocycles. The number of hydrogen-bond acceptors (Lipinski definition) is 3. The quantitative estimate of drug-likeness (QED) is 0.921. The van der Waals surface area contributed by atoms with Crippen molar-refractivity contribution >= 4 is 15.7 Å². The third-order valence-electron chi connectivity index (χ3n) is 2.60. The zero-order chi connectivity index (χ0) is 15.5. The number of rotatable bonds is 5. The highest BCUT2D eigenvalue weighted by Crippen LogP contribution is 2.24. The Morgan fingerprint density at radius 3 is 2.33 bits per heavy atom. The van der Waals surface area contributed by atoms with Crippen LogP contribution in [0.5, 0.6) is 5.75 Å². The normalized spacial score (nSPS) is 11.4. The molecule has 4 nitrogen and oxygen atoms in total. The van der Waals surface area contributed by atoms with Crippen LogP contribution in [-0.4, -0.2) is 14.5 Å². The zero-order valence-electron chi connectivity index (χ0n) is 11.7. The summed E-state index contributed by atoms with van der Waals surface area (Å²) in [6, 6.07) is 11.8. The third-order valence-corrected chi connectivity index (χ3v) is 4.00. The Morgan fingerprint density at radius 1 is 1.10 bits per heavy atom. The van der Waals surface area contributed by atoms with Gasteiger partial charge in [0.05, 0.1) is 16.7 Å². The summed E-state index contributed by atoms with van der Waals surface area (Å²) in [5.74, 6) is -0.523. The van der Waals surface area contributed by atoms with E-state index in [1.807, 2.05) is 0 Å². The van der Waals surface area contributed by atoms with Gasteiger partial charge >= 0.3 is 0 Å². The summed E-state index contributed by atoms with van der Waals surface area (Å²) in [6.07, 6.45) is -0.161. The first-order valence-corrected chi connectivity index (χ1v) is 7.91. The van der Waals surface area contributed by atoms with Crippen molar-refractivity contribution in [2.45, 2.75) is 24.8 Å². The van der Waals surface area contributed by atoms with Crippen molar-refractivity contribution in [1.82, 2.24) is 0 Å². The van der Waals surface area contributed by atoms with Crippen LogP contribution in [0.3, 0.4) is 0 Å². The molecule has 0 atom stereocenters. The molecule has 0 heterocycles. The van der Waals surface area contributed by atoms with E-state index in [2.05, 4.69) is 4.72 Å². The van der Waals surface area contributed by atoms with Gasteiger partial charge in [-0.25, -0.2) is 12.8 Å². The fourth-order valence-corrected chi connectivity index (χ4v) is 2.80. The fraction of sp³-hybridized carbons (Fsp3) is 0.200. The Balaban J connectivity index is 2.23. The van der Waals surface area contributed by atoms with Gasteiger partial charge < -0.3 is 4.74 Å². The van der Waals surface area contributed by atoms with Crippen LogP contribution >= 0.6 is 0 Å². The molecule has 2 aromatic carbocycles. The Kier molecular flexibility index (Phi) is 4.47. The lowest BCUT2D eigenvalue weighted by atomic mass is 10.3. The summed E-state index contributed by atoms with van der Waals surface area (Å²) in [6.45, 7) is 3.57. The van der Waals surface area contributed by atoms with Gasteiger partial charge in [0.1, 0.15) is 0 Å².